The van der Waals surface area contributed by atoms with E-state index in [2.05, 4.69) is 12.2 Å². The van der Waals surface area contributed by atoms with Gasteiger partial charge in [-0.15, -0.1) is 0 Å². The number of amides is 1. The lowest BCUT2D eigenvalue weighted by atomic mass is 9.63. The summed E-state index contributed by atoms with van der Waals surface area (Å²) >= 11 is 0. The second-order valence-electron chi connectivity index (χ2n) is 6.03. The van der Waals surface area contributed by atoms with Crippen molar-refractivity contribution < 1.29 is 14.6 Å². The van der Waals surface area contributed by atoms with Crippen molar-refractivity contribution in [2.45, 2.75) is 46.1 Å². The molecule has 0 saturated heterocycles. The lowest BCUT2D eigenvalue weighted by molar-refractivity contribution is -0.00238. The Morgan fingerprint density at radius 3 is 2.44 bits per heavy atom. The van der Waals surface area contributed by atoms with Gasteiger partial charge in [-0.05, 0) is 39.5 Å². The highest BCUT2D eigenvalue weighted by molar-refractivity contribution is 5.67. The summed E-state index contributed by atoms with van der Waals surface area (Å²) in [5.41, 5.74) is -0.584. The number of hydrogen-bond acceptors (Lipinski definition) is 3. The molecule has 4 heteroatoms. The van der Waals surface area contributed by atoms with E-state index in [0.29, 0.717) is 12.5 Å². The van der Waals surface area contributed by atoms with Gasteiger partial charge in [0.15, 0.2) is 0 Å². The maximum absolute atomic E-state index is 11.4. The number of carbonyl (C=O) groups is 1. The molecular formula is C12H23NO3. The Bertz CT molecular complexity index is 251. The molecule has 94 valence electrons. The summed E-state index contributed by atoms with van der Waals surface area (Å²) in [6.07, 6.45) is 1.54. The van der Waals surface area contributed by atoms with Crippen LogP contribution in [-0.4, -0.2) is 30.0 Å². The van der Waals surface area contributed by atoms with E-state index in [1.54, 1.807) is 0 Å². The molecule has 1 rings (SSSR count). The van der Waals surface area contributed by atoms with Gasteiger partial charge >= 0.3 is 6.09 Å². The molecule has 2 N–H and O–H groups in total. The van der Waals surface area contributed by atoms with E-state index in [-0.39, 0.29) is 12.0 Å². The summed E-state index contributed by atoms with van der Waals surface area (Å²) in [4.78, 5) is 11.4. The van der Waals surface area contributed by atoms with Crippen molar-refractivity contribution in [2.75, 3.05) is 13.2 Å². The SMILES string of the molecule is CC1CC(CO)(CNC(=O)OC(C)(C)C)C1. The molecule has 0 unspecified atom stereocenters. The van der Waals surface area contributed by atoms with Gasteiger partial charge in [-0.25, -0.2) is 4.79 Å². The zero-order valence-corrected chi connectivity index (χ0v) is 10.7. The number of rotatable bonds is 3. The second-order valence-corrected chi connectivity index (χ2v) is 6.03. The maximum Gasteiger partial charge on any atom is 0.407 e. The average Bonchev–Trinajstić information content (AvgIpc) is 2.07. The molecule has 0 aromatic rings. The van der Waals surface area contributed by atoms with Crippen molar-refractivity contribution >= 4 is 6.09 Å². The Kier molecular flexibility index (Phi) is 3.84. The fourth-order valence-corrected chi connectivity index (χ4v) is 2.32. The van der Waals surface area contributed by atoms with Crippen molar-refractivity contribution in [3.63, 3.8) is 0 Å². The molecule has 1 saturated carbocycles. The van der Waals surface area contributed by atoms with Crippen molar-refractivity contribution in [3.8, 4) is 0 Å². The van der Waals surface area contributed by atoms with Crippen LogP contribution in [0, 0.1) is 11.3 Å². The minimum absolute atomic E-state index is 0.115. The third-order valence-corrected chi connectivity index (χ3v) is 2.90. The smallest absolute Gasteiger partial charge is 0.407 e. The molecule has 0 aromatic carbocycles. The number of aliphatic hydroxyl groups is 1. The van der Waals surface area contributed by atoms with Crippen LogP contribution < -0.4 is 5.32 Å². The zero-order chi connectivity index (χ0) is 12.4. The van der Waals surface area contributed by atoms with Crippen molar-refractivity contribution in [3.05, 3.63) is 0 Å². The highest BCUT2D eigenvalue weighted by Crippen LogP contribution is 2.44. The monoisotopic (exact) mass is 229 g/mol. The van der Waals surface area contributed by atoms with Crippen LogP contribution in [0.1, 0.15) is 40.5 Å². The number of alkyl carbamates (subject to hydrolysis) is 1. The standard InChI is InChI=1S/C12H23NO3/c1-9-5-12(6-9,8-14)7-13-10(15)16-11(2,3)4/h9,14H,5-8H2,1-4H3,(H,13,15). The van der Waals surface area contributed by atoms with E-state index in [9.17, 15) is 9.90 Å². The minimum atomic E-state index is -0.469. The van der Waals surface area contributed by atoms with E-state index < -0.39 is 11.7 Å². The highest BCUT2D eigenvalue weighted by Gasteiger charge is 2.41. The van der Waals surface area contributed by atoms with Gasteiger partial charge in [0, 0.05) is 12.0 Å². The van der Waals surface area contributed by atoms with Crippen LogP contribution in [-0.2, 0) is 4.74 Å². The van der Waals surface area contributed by atoms with Gasteiger partial charge in [0.1, 0.15) is 5.60 Å². The summed E-state index contributed by atoms with van der Waals surface area (Å²) in [6.45, 7) is 8.29. The van der Waals surface area contributed by atoms with E-state index in [1.807, 2.05) is 20.8 Å². The first kappa shape index (κ1) is 13.3. The summed E-state index contributed by atoms with van der Waals surface area (Å²) in [6, 6.07) is 0. The number of ether oxygens (including phenoxy) is 1. The summed E-state index contributed by atoms with van der Waals surface area (Å²) in [5, 5.41) is 12.0. The van der Waals surface area contributed by atoms with Crippen molar-refractivity contribution in [2.24, 2.45) is 11.3 Å². The predicted octanol–water partition coefficient (Wildman–Crippen LogP) is 1.92. The average molecular weight is 229 g/mol. The van der Waals surface area contributed by atoms with E-state index in [1.165, 1.54) is 0 Å². The zero-order valence-electron chi connectivity index (χ0n) is 10.7. The molecule has 0 bridgehead atoms. The van der Waals surface area contributed by atoms with Gasteiger partial charge in [0.25, 0.3) is 0 Å². The lowest BCUT2D eigenvalue weighted by Crippen LogP contribution is -2.48. The van der Waals surface area contributed by atoms with Crippen molar-refractivity contribution in [1.82, 2.24) is 5.32 Å². The fraction of sp³-hybridized carbons (Fsp3) is 0.917. The quantitative estimate of drug-likeness (QED) is 0.777. The van der Waals surface area contributed by atoms with Crippen LogP contribution in [0.3, 0.4) is 0 Å². The molecule has 0 aliphatic heterocycles. The maximum atomic E-state index is 11.4. The van der Waals surface area contributed by atoms with Crippen LogP contribution in [0.5, 0.6) is 0 Å². The van der Waals surface area contributed by atoms with E-state index in [4.69, 9.17) is 4.74 Å². The molecule has 0 spiro atoms. The molecule has 0 heterocycles. The molecule has 1 aliphatic carbocycles. The van der Waals surface area contributed by atoms with Crippen LogP contribution >= 0.6 is 0 Å². The Balaban J connectivity index is 2.31. The van der Waals surface area contributed by atoms with Gasteiger partial charge in [0.2, 0.25) is 0 Å². The number of aliphatic hydroxyl groups excluding tert-OH is 1. The largest absolute Gasteiger partial charge is 0.444 e. The van der Waals surface area contributed by atoms with Crippen LogP contribution in [0.15, 0.2) is 0 Å². The number of nitrogens with one attached hydrogen (secondary N) is 1. The highest BCUT2D eigenvalue weighted by atomic mass is 16.6. The Labute approximate surface area is 97.4 Å². The molecule has 4 nitrogen and oxygen atoms in total. The first-order valence-electron chi connectivity index (χ1n) is 5.84. The predicted molar refractivity (Wildman–Crippen MR) is 62.2 cm³/mol. The molecule has 0 aromatic heterocycles. The van der Waals surface area contributed by atoms with Crippen LogP contribution in [0.4, 0.5) is 4.79 Å². The van der Waals surface area contributed by atoms with Crippen molar-refractivity contribution in [1.29, 1.82) is 0 Å². The topological polar surface area (TPSA) is 58.6 Å². The number of hydrogen-bond donors (Lipinski definition) is 2. The molecule has 1 amide bonds. The number of carbonyl (C=O) groups excluding carboxylic acids is 1. The first-order valence-corrected chi connectivity index (χ1v) is 5.84. The normalized spacial score (nSPS) is 29.4. The Hall–Kier alpha value is -0.770. The summed E-state index contributed by atoms with van der Waals surface area (Å²) in [7, 11) is 0. The van der Waals surface area contributed by atoms with Gasteiger partial charge in [-0.1, -0.05) is 6.92 Å². The van der Waals surface area contributed by atoms with E-state index in [0.717, 1.165) is 12.8 Å². The third kappa shape index (κ3) is 3.67. The molecular weight excluding hydrogens is 206 g/mol. The summed E-state index contributed by atoms with van der Waals surface area (Å²) in [5.74, 6) is 0.646. The summed E-state index contributed by atoms with van der Waals surface area (Å²) < 4.78 is 5.14. The Morgan fingerprint density at radius 2 is 2.06 bits per heavy atom. The lowest BCUT2D eigenvalue weighted by Gasteiger charge is -2.45. The van der Waals surface area contributed by atoms with Gasteiger partial charge in [-0.3, -0.25) is 0 Å². The Morgan fingerprint density at radius 1 is 1.50 bits per heavy atom. The molecule has 1 fully saturated rings. The minimum Gasteiger partial charge on any atom is -0.444 e. The van der Waals surface area contributed by atoms with Gasteiger partial charge in [-0.2, -0.15) is 0 Å². The molecule has 0 radical (unpaired) electrons. The van der Waals surface area contributed by atoms with Crippen LogP contribution in [0.2, 0.25) is 0 Å². The van der Waals surface area contributed by atoms with Crippen LogP contribution in [0.25, 0.3) is 0 Å². The van der Waals surface area contributed by atoms with Gasteiger partial charge < -0.3 is 15.2 Å². The van der Waals surface area contributed by atoms with Gasteiger partial charge in [0.05, 0.1) is 6.61 Å². The molecule has 16 heavy (non-hydrogen) atoms. The van der Waals surface area contributed by atoms with E-state index >= 15 is 0 Å². The third-order valence-electron chi connectivity index (χ3n) is 2.90. The molecule has 0 atom stereocenters. The first-order chi connectivity index (χ1) is 7.26. The second kappa shape index (κ2) is 4.62. The fourth-order valence-electron chi connectivity index (χ4n) is 2.32. The molecule has 1 aliphatic rings.